The summed E-state index contributed by atoms with van der Waals surface area (Å²) in [6, 6.07) is 17.6. The second kappa shape index (κ2) is 10.5. The van der Waals surface area contributed by atoms with Gasteiger partial charge in [0.05, 0.1) is 29.5 Å². The van der Waals surface area contributed by atoms with Gasteiger partial charge in [0.1, 0.15) is 0 Å². The molecule has 1 amide bonds. The molecule has 0 aliphatic heterocycles. The molecule has 0 bridgehead atoms. The molecule has 0 unspecified atom stereocenters. The highest BCUT2D eigenvalue weighted by atomic mass is 35.5. The number of amides is 1. The van der Waals surface area contributed by atoms with E-state index in [9.17, 15) is 9.59 Å². The number of pyridine rings is 1. The predicted octanol–water partition coefficient (Wildman–Crippen LogP) is 5.56. The molecule has 36 heavy (non-hydrogen) atoms. The number of carbonyl (C=O) groups excluding carboxylic acids is 1. The van der Waals surface area contributed by atoms with Crippen LogP contribution in [0.4, 0.5) is 0 Å². The molecule has 4 aromatic rings. The fourth-order valence-corrected chi connectivity index (χ4v) is 5.21. The van der Waals surface area contributed by atoms with Crippen molar-refractivity contribution < 1.29 is 14.7 Å². The third-order valence-corrected chi connectivity index (χ3v) is 7.05. The van der Waals surface area contributed by atoms with Crippen LogP contribution < -0.4 is 5.32 Å². The van der Waals surface area contributed by atoms with Crippen LogP contribution in [0.25, 0.3) is 22.0 Å². The van der Waals surface area contributed by atoms with Crippen molar-refractivity contribution >= 4 is 34.4 Å². The van der Waals surface area contributed by atoms with Crippen LogP contribution >= 0.6 is 11.6 Å². The summed E-state index contributed by atoms with van der Waals surface area (Å²) in [6.07, 6.45) is 6.88. The van der Waals surface area contributed by atoms with Gasteiger partial charge in [0, 0.05) is 34.6 Å². The summed E-state index contributed by atoms with van der Waals surface area (Å²) in [5, 5.41) is 18.0. The first-order valence-corrected chi connectivity index (χ1v) is 12.5. The number of aliphatic carboxylic acids is 1. The minimum Gasteiger partial charge on any atom is -0.481 e. The zero-order valence-electron chi connectivity index (χ0n) is 19.7. The summed E-state index contributed by atoms with van der Waals surface area (Å²) in [6.45, 7) is 0.417. The van der Waals surface area contributed by atoms with E-state index in [0.29, 0.717) is 22.6 Å². The Labute approximate surface area is 214 Å². The number of hydrogen-bond acceptors (Lipinski definition) is 4. The zero-order valence-corrected chi connectivity index (χ0v) is 20.5. The van der Waals surface area contributed by atoms with Crippen molar-refractivity contribution in [1.29, 1.82) is 0 Å². The Balaban J connectivity index is 1.34. The third-order valence-electron chi connectivity index (χ3n) is 6.83. The summed E-state index contributed by atoms with van der Waals surface area (Å²) < 4.78 is 1.79. The average Bonchev–Trinajstić information content (AvgIpc) is 3.27. The summed E-state index contributed by atoms with van der Waals surface area (Å²) in [5.41, 5.74) is 4.16. The summed E-state index contributed by atoms with van der Waals surface area (Å²) in [5.74, 6) is -0.782. The molecule has 1 aliphatic rings. The van der Waals surface area contributed by atoms with Gasteiger partial charge in [0.15, 0.2) is 0 Å². The Bertz CT molecular complexity index is 1380. The predicted molar refractivity (Wildman–Crippen MR) is 139 cm³/mol. The van der Waals surface area contributed by atoms with Crippen LogP contribution in [0.2, 0.25) is 5.02 Å². The smallest absolute Gasteiger partial charge is 0.303 e. The first-order chi connectivity index (χ1) is 17.5. The SMILES string of the molecule is O=C(O)CC1CCC(NC(=O)c2cc(Cl)cc3cnn(Cc4ccc(-c5ccccc5)cn4)c23)CC1. The summed E-state index contributed by atoms with van der Waals surface area (Å²) in [7, 11) is 0. The Kier molecular flexibility index (Phi) is 7.00. The lowest BCUT2D eigenvalue weighted by Crippen LogP contribution is -2.38. The molecule has 0 spiro atoms. The minimum absolute atomic E-state index is 0.0140. The van der Waals surface area contributed by atoms with Crippen LogP contribution in [0.15, 0.2) is 67.0 Å². The molecule has 5 rings (SSSR count). The molecule has 7 nitrogen and oxygen atoms in total. The second-order valence-corrected chi connectivity index (χ2v) is 9.82. The van der Waals surface area contributed by atoms with Gasteiger partial charge < -0.3 is 10.4 Å². The number of carboxylic acids is 1. The van der Waals surface area contributed by atoms with Gasteiger partial charge in [-0.25, -0.2) is 0 Å². The first-order valence-electron chi connectivity index (χ1n) is 12.1. The quantitative estimate of drug-likeness (QED) is 0.344. The van der Waals surface area contributed by atoms with Crippen molar-refractivity contribution in [3.63, 3.8) is 0 Å². The molecule has 0 saturated heterocycles. The van der Waals surface area contributed by atoms with Crippen LogP contribution in [0, 0.1) is 5.92 Å². The van der Waals surface area contributed by atoms with Gasteiger partial charge in [-0.2, -0.15) is 5.10 Å². The fourth-order valence-electron chi connectivity index (χ4n) is 4.98. The first kappa shape index (κ1) is 24.0. The molecular weight excluding hydrogens is 476 g/mol. The van der Waals surface area contributed by atoms with Crippen molar-refractivity contribution in [3.8, 4) is 11.1 Å². The van der Waals surface area contributed by atoms with Crippen molar-refractivity contribution in [2.75, 3.05) is 0 Å². The molecule has 0 radical (unpaired) electrons. The van der Waals surface area contributed by atoms with Gasteiger partial charge in [-0.3, -0.25) is 19.3 Å². The number of halogens is 1. The van der Waals surface area contributed by atoms with Gasteiger partial charge in [-0.15, -0.1) is 0 Å². The van der Waals surface area contributed by atoms with Crippen molar-refractivity contribution in [2.24, 2.45) is 5.92 Å². The lowest BCUT2D eigenvalue weighted by Gasteiger charge is -2.28. The van der Waals surface area contributed by atoms with E-state index >= 15 is 0 Å². The van der Waals surface area contributed by atoms with E-state index in [1.54, 1.807) is 23.0 Å². The molecule has 1 fully saturated rings. The molecule has 2 aromatic carbocycles. The molecular formula is C28H27ClN4O3. The van der Waals surface area contributed by atoms with Crippen LogP contribution in [-0.4, -0.2) is 37.8 Å². The van der Waals surface area contributed by atoms with Gasteiger partial charge in [-0.05, 0) is 55.4 Å². The highest BCUT2D eigenvalue weighted by Gasteiger charge is 2.25. The number of fused-ring (bicyclic) bond motifs is 1. The molecule has 1 saturated carbocycles. The topological polar surface area (TPSA) is 97.1 Å². The zero-order chi connectivity index (χ0) is 25.1. The molecule has 184 valence electrons. The van der Waals surface area contributed by atoms with Crippen molar-refractivity contribution in [2.45, 2.75) is 44.7 Å². The van der Waals surface area contributed by atoms with E-state index < -0.39 is 5.97 Å². The van der Waals surface area contributed by atoms with Crippen LogP contribution in [0.1, 0.15) is 48.2 Å². The largest absolute Gasteiger partial charge is 0.481 e. The Morgan fingerprint density at radius 1 is 1.00 bits per heavy atom. The van der Waals surface area contributed by atoms with Gasteiger partial charge in [-0.1, -0.05) is 48.0 Å². The number of nitrogens with zero attached hydrogens (tertiary/aromatic N) is 3. The molecule has 2 heterocycles. The standard InChI is InChI=1S/C28H27ClN4O3/c29-22-13-21-16-31-33(17-24-11-8-20(15-30-24)19-4-2-1-3-5-19)27(21)25(14-22)28(36)32-23-9-6-18(7-10-23)12-26(34)35/h1-5,8,11,13-16,18,23H,6-7,9-10,12,17H2,(H,32,36)(H,34,35). The van der Waals surface area contributed by atoms with E-state index in [1.165, 1.54) is 0 Å². The van der Waals surface area contributed by atoms with E-state index in [4.69, 9.17) is 16.7 Å². The highest BCUT2D eigenvalue weighted by molar-refractivity contribution is 6.32. The van der Waals surface area contributed by atoms with Gasteiger partial charge in [0.25, 0.3) is 5.91 Å². The minimum atomic E-state index is -0.763. The monoisotopic (exact) mass is 502 g/mol. The van der Waals surface area contributed by atoms with Crippen molar-refractivity contribution in [3.05, 3.63) is 83.3 Å². The van der Waals surface area contributed by atoms with Gasteiger partial charge >= 0.3 is 5.97 Å². The van der Waals surface area contributed by atoms with Crippen molar-refractivity contribution in [1.82, 2.24) is 20.1 Å². The molecule has 0 atom stereocenters. The van der Waals surface area contributed by atoms with Crippen LogP contribution in [0.3, 0.4) is 0 Å². The molecule has 2 aromatic heterocycles. The lowest BCUT2D eigenvalue weighted by molar-refractivity contribution is -0.138. The van der Waals surface area contributed by atoms with E-state index in [1.807, 2.05) is 48.7 Å². The average molecular weight is 503 g/mol. The second-order valence-electron chi connectivity index (χ2n) is 9.39. The van der Waals surface area contributed by atoms with E-state index in [2.05, 4.69) is 15.4 Å². The number of carbonyl (C=O) groups is 2. The normalized spacial score (nSPS) is 17.7. The number of nitrogens with one attached hydrogen (secondary N) is 1. The highest BCUT2D eigenvalue weighted by Crippen LogP contribution is 2.29. The number of benzene rings is 2. The van der Waals surface area contributed by atoms with Crippen LogP contribution in [0.5, 0.6) is 0 Å². The third kappa shape index (κ3) is 5.41. The fraction of sp³-hybridized carbons (Fsp3) is 0.286. The summed E-state index contributed by atoms with van der Waals surface area (Å²) in [4.78, 5) is 28.9. The Morgan fingerprint density at radius 2 is 1.78 bits per heavy atom. The van der Waals surface area contributed by atoms with E-state index in [-0.39, 0.29) is 24.3 Å². The van der Waals surface area contributed by atoms with E-state index in [0.717, 1.165) is 47.9 Å². The maximum atomic E-state index is 13.3. The van der Waals surface area contributed by atoms with Crippen LogP contribution in [-0.2, 0) is 11.3 Å². The molecule has 2 N–H and O–H groups in total. The number of hydrogen-bond donors (Lipinski definition) is 2. The summed E-state index contributed by atoms with van der Waals surface area (Å²) >= 11 is 6.34. The molecule has 8 heteroatoms. The van der Waals surface area contributed by atoms with Gasteiger partial charge in [0.2, 0.25) is 0 Å². The maximum Gasteiger partial charge on any atom is 0.303 e. The Hall–Kier alpha value is -3.71. The number of rotatable bonds is 7. The number of carboxylic acid groups (broad SMARTS) is 1. The maximum absolute atomic E-state index is 13.3. The number of aromatic nitrogens is 3. The lowest BCUT2D eigenvalue weighted by atomic mass is 9.84. The molecule has 1 aliphatic carbocycles. The Morgan fingerprint density at radius 3 is 2.47 bits per heavy atom.